The summed E-state index contributed by atoms with van der Waals surface area (Å²) in [7, 11) is -3.55. The maximum atomic E-state index is 12.2. The molecule has 1 aliphatic rings. The minimum atomic E-state index is -3.55. The van der Waals surface area contributed by atoms with Crippen molar-refractivity contribution < 1.29 is 23.1 Å². The van der Waals surface area contributed by atoms with Crippen molar-refractivity contribution in [3.8, 4) is 0 Å². The minimum absolute atomic E-state index is 0.0141. The van der Waals surface area contributed by atoms with Gasteiger partial charge in [0.2, 0.25) is 10.0 Å². The van der Waals surface area contributed by atoms with E-state index in [-0.39, 0.29) is 23.0 Å². The monoisotopic (exact) mass is 368 g/mol. The highest BCUT2D eigenvalue weighted by Crippen LogP contribution is 2.26. The zero-order valence-corrected chi connectivity index (χ0v) is 15.2. The number of aliphatic carboxylic acids is 1. The van der Waals surface area contributed by atoms with Crippen LogP contribution in [0.5, 0.6) is 0 Å². The first-order valence-corrected chi connectivity index (χ1v) is 9.86. The molecule has 138 valence electrons. The third-order valence-electron chi connectivity index (χ3n) is 4.72. The molecule has 0 unspecified atom stereocenters. The smallest absolute Gasteiger partial charge is 0.311 e. The lowest BCUT2D eigenvalue weighted by atomic mass is 9.82. The van der Waals surface area contributed by atoms with Gasteiger partial charge >= 0.3 is 5.97 Å². The molecule has 0 spiro atoms. The molecular weight excluding hydrogens is 344 g/mol. The van der Waals surface area contributed by atoms with Crippen LogP contribution in [0, 0.1) is 5.41 Å². The molecule has 1 saturated carbocycles. The molecule has 0 aromatic heterocycles. The number of nitrogens with one attached hydrogen (secondary N) is 2. The second-order valence-electron chi connectivity index (χ2n) is 6.40. The summed E-state index contributed by atoms with van der Waals surface area (Å²) in [6.07, 6.45) is 2.51. The topological polar surface area (TPSA) is 113 Å². The van der Waals surface area contributed by atoms with Gasteiger partial charge in [0.15, 0.2) is 0 Å². The van der Waals surface area contributed by atoms with E-state index in [4.69, 9.17) is 0 Å². The van der Waals surface area contributed by atoms with E-state index in [1.54, 1.807) is 13.8 Å². The van der Waals surface area contributed by atoms with Gasteiger partial charge < -0.3 is 10.4 Å². The fourth-order valence-electron chi connectivity index (χ4n) is 2.50. The molecule has 1 aromatic carbocycles. The van der Waals surface area contributed by atoms with Crippen molar-refractivity contribution >= 4 is 21.9 Å². The van der Waals surface area contributed by atoms with Gasteiger partial charge in [-0.3, -0.25) is 9.59 Å². The van der Waals surface area contributed by atoms with Gasteiger partial charge in [-0.2, -0.15) is 0 Å². The van der Waals surface area contributed by atoms with Gasteiger partial charge in [0.25, 0.3) is 5.91 Å². The SMILES string of the molecule is CCC(CC)(CNC(=O)c1ccc(S(=O)(=O)NC2CC2)cc1)C(=O)O. The molecule has 3 N–H and O–H groups in total. The van der Waals surface area contributed by atoms with Crippen LogP contribution in [0.3, 0.4) is 0 Å². The fraction of sp³-hybridized carbons (Fsp3) is 0.529. The van der Waals surface area contributed by atoms with E-state index in [9.17, 15) is 23.1 Å². The van der Waals surface area contributed by atoms with Gasteiger partial charge in [-0.1, -0.05) is 13.8 Å². The minimum Gasteiger partial charge on any atom is -0.481 e. The quantitative estimate of drug-likeness (QED) is 0.615. The molecular formula is C17H24N2O5S. The summed E-state index contributed by atoms with van der Waals surface area (Å²) in [6, 6.07) is 5.63. The molecule has 0 atom stereocenters. The van der Waals surface area contributed by atoms with Crippen LogP contribution >= 0.6 is 0 Å². The second-order valence-corrected chi connectivity index (χ2v) is 8.11. The number of carboxylic acid groups (broad SMARTS) is 1. The van der Waals surface area contributed by atoms with E-state index in [2.05, 4.69) is 10.0 Å². The van der Waals surface area contributed by atoms with Crippen LogP contribution in [-0.2, 0) is 14.8 Å². The summed E-state index contributed by atoms with van der Waals surface area (Å²) >= 11 is 0. The molecule has 0 bridgehead atoms. The fourth-order valence-corrected chi connectivity index (χ4v) is 3.81. The lowest BCUT2D eigenvalue weighted by Gasteiger charge is -2.26. The van der Waals surface area contributed by atoms with Crippen LogP contribution < -0.4 is 10.0 Å². The first-order valence-electron chi connectivity index (χ1n) is 8.38. The Morgan fingerprint density at radius 1 is 1.16 bits per heavy atom. The summed E-state index contributed by atoms with van der Waals surface area (Å²) in [5, 5.41) is 12.0. The summed E-state index contributed by atoms with van der Waals surface area (Å²) in [4.78, 5) is 23.8. The zero-order valence-electron chi connectivity index (χ0n) is 14.4. The van der Waals surface area contributed by atoms with E-state index >= 15 is 0 Å². The Morgan fingerprint density at radius 2 is 1.72 bits per heavy atom. The highest BCUT2D eigenvalue weighted by molar-refractivity contribution is 7.89. The van der Waals surface area contributed by atoms with E-state index < -0.39 is 27.3 Å². The van der Waals surface area contributed by atoms with E-state index in [0.717, 1.165) is 12.8 Å². The number of carbonyl (C=O) groups excluding carboxylic acids is 1. The Hall–Kier alpha value is -1.93. The molecule has 7 nitrogen and oxygen atoms in total. The molecule has 25 heavy (non-hydrogen) atoms. The van der Waals surface area contributed by atoms with Crippen LogP contribution in [0.25, 0.3) is 0 Å². The number of hydrogen-bond acceptors (Lipinski definition) is 4. The molecule has 1 aliphatic carbocycles. The Kier molecular flexibility index (Phi) is 5.84. The number of hydrogen-bond donors (Lipinski definition) is 3. The molecule has 1 aromatic rings. The summed E-state index contributed by atoms with van der Waals surface area (Å²) in [5.41, 5.74) is -0.704. The van der Waals surface area contributed by atoms with Crippen LogP contribution in [0.1, 0.15) is 49.9 Å². The van der Waals surface area contributed by atoms with E-state index in [0.29, 0.717) is 12.8 Å². The maximum Gasteiger partial charge on any atom is 0.311 e. The third kappa shape index (κ3) is 4.58. The molecule has 8 heteroatoms. The van der Waals surface area contributed by atoms with Crippen molar-refractivity contribution in [2.45, 2.75) is 50.5 Å². The molecule has 1 fully saturated rings. The highest BCUT2D eigenvalue weighted by atomic mass is 32.2. The number of rotatable bonds is 9. The largest absolute Gasteiger partial charge is 0.481 e. The molecule has 0 aliphatic heterocycles. The standard InChI is InChI=1S/C17H24N2O5S/c1-3-17(4-2,16(21)22)11-18-15(20)12-5-9-14(10-6-12)25(23,24)19-13-7-8-13/h5-6,9-10,13,19H,3-4,7-8,11H2,1-2H3,(H,18,20)(H,21,22). The number of amides is 1. The van der Waals surface area contributed by atoms with Gasteiger partial charge in [0, 0.05) is 18.2 Å². The highest BCUT2D eigenvalue weighted by Gasteiger charge is 2.35. The predicted molar refractivity (Wildman–Crippen MR) is 92.8 cm³/mol. The average molecular weight is 368 g/mol. The van der Waals surface area contributed by atoms with Gasteiger partial charge in [-0.25, -0.2) is 13.1 Å². The number of carboxylic acids is 1. The van der Waals surface area contributed by atoms with E-state index in [1.807, 2.05) is 0 Å². The van der Waals surface area contributed by atoms with Crippen molar-refractivity contribution in [1.82, 2.24) is 10.0 Å². The number of carbonyl (C=O) groups is 2. The van der Waals surface area contributed by atoms with Crippen molar-refractivity contribution in [2.24, 2.45) is 5.41 Å². The van der Waals surface area contributed by atoms with Crippen LogP contribution in [0.4, 0.5) is 0 Å². The molecule has 2 rings (SSSR count). The molecule has 0 saturated heterocycles. The lowest BCUT2D eigenvalue weighted by molar-refractivity contribution is -0.149. The first kappa shape index (κ1) is 19.4. The Bertz CT molecular complexity index is 735. The van der Waals surface area contributed by atoms with Gasteiger partial charge in [-0.15, -0.1) is 0 Å². The summed E-state index contributed by atoms with van der Waals surface area (Å²) in [6.45, 7) is 3.57. The van der Waals surface area contributed by atoms with Crippen molar-refractivity contribution in [3.05, 3.63) is 29.8 Å². The van der Waals surface area contributed by atoms with Crippen LogP contribution in [0.15, 0.2) is 29.2 Å². The first-order chi connectivity index (χ1) is 11.7. The van der Waals surface area contributed by atoms with Crippen LogP contribution in [-0.4, -0.2) is 38.0 Å². The Labute approximate surface area is 147 Å². The Morgan fingerprint density at radius 3 is 2.16 bits per heavy atom. The molecule has 1 amide bonds. The Balaban J connectivity index is 2.04. The van der Waals surface area contributed by atoms with Gasteiger partial charge in [-0.05, 0) is 49.9 Å². The van der Waals surface area contributed by atoms with E-state index in [1.165, 1.54) is 24.3 Å². The summed E-state index contributed by atoms with van der Waals surface area (Å²) < 4.78 is 26.8. The van der Waals surface area contributed by atoms with Crippen molar-refractivity contribution in [1.29, 1.82) is 0 Å². The maximum absolute atomic E-state index is 12.2. The van der Waals surface area contributed by atoms with Crippen molar-refractivity contribution in [3.63, 3.8) is 0 Å². The molecule has 0 radical (unpaired) electrons. The normalized spacial score (nSPS) is 15.0. The average Bonchev–Trinajstić information content (AvgIpc) is 3.39. The van der Waals surface area contributed by atoms with Gasteiger partial charge in [0.1, 0.15) is 0 Å². The zero-order chi connectivity index (χ0) is 18.7. The van der Waals surface area contributed by atoms with Crippen LogP contribution in [0.2, 0.25) is 0 Å². The number of sulfonamides is 1. The molecule has 0 heterocycles. The third-order valence-corrected chi connectivity index (χ3v) is 6.26. The number of benzene rings is 1. The predicted octanol–water partition coefficient (Wildman–Crippen LogP) is 1.75. The van der Waals surface area contributed by atoms with Gasteiger partial charge in [0.05, 0.1) is 10.3 Å². The van der Waals surface area contributed by atoms with Crippen molar-refractivity contribution in [2.75, 3.05) is 6.54 Å². The second kappa shape index (κ2) is 7.53. The lowest BCUT2D eigenvalue weighted by Crippen LogP contribution is -2.42. The summed E-state index contributed by atoms with van der Waals surface area (Å²) in [5.74, 6) is -1.36.